The lowest BCUT2D eigenvalue weighted by Crippen LogP contribution is -2.46. The largest absolute Gasteiger partial charge is 0.391 e. The Bertz CT molecular complexity index is 617. The first-order chi connectivity index (χ1) is 10.0. The number of rotatable bonds is 4. The Morgan fingerprint density at radius 2 is 2.19 bits per heavy atom. The van der Waals surface area contributed by atoms with Gasteiger partial charge >= 0.3 is 0 Å². The molecular weight excluding hydrogens is 376 g/mol. The number of fused-ring (bicyclic) bond motifs is 1. The summed E-state index contributed by atoms with van der Waals surface area (Å²) in [6, 6.07) is 1.88. The standard InChI is InChI=1S/C13H19BrN2O3S2/c14-13-12(7-9(8-17)20-13)21(18,19)15-10-4-6-16-5-2-1-3-11(10)16/h7,10-11,15,17H,1-6,8H2. The minimum absolute atomic E-state index is 0.000300. The summed E-state index contributed by atoms with van der Waals surface area (Å²) in [6.45, 7) is 1.92. The Morgan fingerprint density at radius 3 is 2.90 bits per heavy atom. The highest BCUT2D eigenvalue weighted by Gasteiger charge is 2.38. The van der Waals surface area contributed by atoms with Gasteiger partial charge in [0.15, 0.2) is 0 Å². The number of thiophene rings is 1. The minimum atomic E-state index is -3.54. The molecular formula is C13H19BrN2O3S2. The van der Waals surface area contributed by atoms with Gasteiger partial charge in [-0.1, -0.05) is 6.42 Å². The lowest BCUT2D eigenvalue weighted by molar-refractivity contribution is 0.186. The maximum absolute atomic E-state index is 12.6. The fraction of sp³-hybridized carbons (Fsp3) is 0.692. The van der Waals surface area contributed by atoms with Crippen molar-refractivity contribution in [2.24, 2.45) is 0 Å². The van der Waals surface area contributed by atoms with Gasteiger partial charge in [-0.3, -0.25) is 4.90 Å². The van der Waals surface area contributed by atoms with Gasteiger partial charge in [0.1, 0.15) is 4.90 Å². The van der Waals surface area contributed by atoms with E-state index in [-0.39, 0.29) is 17.5 Å². The zero-order valence-corrected chi connectivity index (χ0v) is 14.8. The van der Waals surface area contributed by atoms with Crippen molar-refractivity contribution in [3.05, 3.63) is 14.7 Å². The van der Waals surface area contributed by atoms with Gasteiger partial charge in [0.05, 0.1) is 10.4 Å². The third-order valence-electron chi connectivity index (χ3n) is 4.31. The van der Waals surface area contributed by atoms with Crippen LogP contribution in [0.5, 0.6) is 0 Å². The highest BCUT2D eigenvalue weighted by atomic mass is 79.9. The lowest BCUT2D eigenvalue weighted by Gasteiger charge is -2.32. The lowest BCUT2D eigenvalue weighted by atomic mass is 10.00. The maximum Gasteiger partial charge on any atom is 0.242 e. The molecule has 21 heavy (non-hydrogen) atoms. The van der Waals surface area contributed by atoms with Crippen LogP contribution in [-0.4, -0.2) is 43.6 Å². The summed E-state index contributed by atoms with van der Waals surface area (Å²) in [4.78, 5) is 3.29. The molecule has 0 bridgehead atoms. The van der Waals surface area contributed by atoms with Crippen LogP contribution in [0.2, 0.25) is 0 Å². The monoisotopic (exact) mass is 394 g/mol. The van der Waals surface area contributed by atoms with E-state index >= 15 is 0 Å². The van der Waals surface area contributed by atoms with Crippen LogP contribution in [0.25, 0.3) is 0 Å². The molecule has 3 heterocycles. The van der Waals surface area contributed by atoms with Gasteiger partial charge in [-0.2, -0.15) is 0 Å². The zero-order valence-electron chi connectivity index (χ0n) is 11.6. The molecule has 0 aromatic carbocycles. The second-order valence-corrected chi connectivity index (χ2v) is 9.76. The highest BCUT2D eigenvalue weighted by molar-refractivity contribution is 9.11. The molecule has 8 heteroatoms. The van der Waals surface area contributed by atoms with Gasteiger partial charge in [-0.15, -0.1) is 11.3 Å². The molecule has 1 aromatic rings. The Balaban J connectivity index is 1.78. The molecule has 0 amide bonds. The fourth-order valence-corrected chi connectivity index (χ4v) is 7.15. The van der Waals surface area contributed by atoms with Crippen molar-refractivity contribution in [1.82, 2.24) is 9.62 Å². The topological polar surface area (TPSA) is 69.6 Å². The van der Waals surface area contributed by atoms with Gasteiger partial charge in [0, 0.05) is 23.5 Å². The normalized spacial score (nSPS) is 27.0. The quantitative estimate of drug-likeness (QED) is 0.817. The molecule has 0 radical (unpaired) electrons. The van der Waals surface area contributed by atoms with E-state index < -0.39 is 10.0 Å². The van der Waals surface area contributed by atoms with Gasteiger partial charge in [0.25, 0.3) is 0 Å². The molecule has 2 aliphatic heterocycles. The number of nitrogens with zero attached hydrogens (tertiary/aromatic N) is 1. The predicted molar refractivity (Wildman–Crippen MR) is 85.9 cm³/mol. The summed E-state index contributed by atoms with van der Waals surface area (Å²) < 4.78 is 28.6. The molecule has 5 nitrogen and oxygen atoms in total. The van der Waals surface area contributed by atoms with Crippen LogP contribution in [0, 0.1) is 0 Å². The van der Waals surface area contributed by atoms with E-state index in [2.05, 4.69) is 25.6 Å². The Labute approximate surface area is 137 Å². The minimum Gasteiger partial charge on any atom is -0.391 e. The molecule has 2 N–H and O–H groups in total. The smallest absolute Gasteiger partial charge is 0.242 e. The van der Waals surface area contributed by atoms with Crippen molar-refractivity contribution < 1.29 is 13.5 Å². The van der Waals surface area contributed by atoms with Crippen LogP contribution in [-0.2, 0) is 16.6 Å². The Kier molecular flexibility index (Phi) is 4.73. The molecule has 3 rings (SSSR count). The number of sulfonamides is 1. The third kappa shape index (κ3) is 3.20. The van der Waals surface area contributed by atoms with E-state index in [0.717, 1.165) is 25.9 Å². The number of nitrogens with one attached hydrogen (secondary N) is 1. The van der Waals surface area contributed by atoms with E-state index in [0.29, 0.717) is 14.7 Å². The SMILES string of the molecule is O=S(=O)(NC1CCN2CCCCC12)c1cc(CO)sc1Br. The number of piperidine rings is 1. The molecule has 118 valence electrons. The van der Waals surface area contributed by atoms with Crippen LogP contribution in [0.15, 0.2) is 14.7 Å². The Hall–Kier alpha value is 0.01000. The summed E-state index contributed by atoms with van der Waals surface area (Å²) in [7, 11) is -3.54. The van der Waals surface area contributed by atoms with E-state index in [1.54, 1.807) is 6.07 Å². The van der Waals surface area contributed by atoms with Crippen molar-refractivity contribution >= 4 is 37.3 Å². The molecule has 2 unspecified atom stereocenters. The number of hydrogen-bond donors (Lipinski definition) is 2. The summed E-state index contributed by atoms with van der Waals surface area (Å²) in [5, 5.41) is 9.15. The van der Waals surface area contributed by atoms with E-state index in [4.69, 9.17) is 5.11 Å². The Morgan fingerprint density at radius 1 is 1.38 bits per heavy atom. The van der Waals surface area contributed by atoms with Gasteiger partial charge in [-0.05, 0) is 47.8 Å². The molecule has 2 atom stereocenters. The molecule has 2 fully saturated rings. The predicted octanol–water partition coefficient (Wildman–Crippen LogP) is 1.91. The van der Waals surface area contributed by atoms with Gasteiger partial charge < -0.3 is 5.11 Å². The van der Waals surface area contributed by atoms with Crippen LogP contribution >= 0.6 is 27.3 Å². The van der Waals surface area contributed by atoms with E-state index in [9.17, 15) is 8.42 Å². The summed E-state index contributed by atoms with van der Waals surface area (Å²) in [6.07, 6.45) is 4.33. The average Bonchev–Trinajstić information content (AvgIpc) is 3.03. The molecule has 1 aromatic heterocycles. The summed E-state index contributed by atoms with van der Waals surface area (Å²) >= 11 is 4.55. The fourth-order valence-electron chi connectivity index (χ4n) is 3.31. The summed E-state index contributed by atoms with van der Waals surface area (Å²) in [5.41, 5.74) is 0. The van der Waals surface area contributed by atoms with Gasteiger partial charge in [0.2, 0.25) is 10.0 Å². The van der Waals surface area contributed by atoms with Crippen LogP contribution in [0.1, 0.15) is 30.6 Å². The summed E-state index contributed by atoms with van der Waals surface area (Å²) in [5.74, 6) is 0. The third-order valence-corrected chi connectivity index (χ3v) is 8.04. The van der Waals surface area contributed by atoms with Crippen molar-refractivity contribution in [1.29, 1.82) is 0 Å². The number of hydrogen-bond acceptors (Lipinski definition) is 5. The van der Waals surface area contributed by atoms with Crippen molar-refractivity contribution in [3.8, 4) is 0 Å². The molecule has 0 spiro atoms. The van der Waals surface area contributed by atoms with E-state index in [1.807, 2.05) is 0 Å². The first-order valence-electron chi connectivity index (χ1n) is 7.17. The zero-order chi connectivity index (χ0) is 15.0. The molecule has 2 saturated heterocycles. The van der Waals surface area contributed by atoms with Crippen molar-refractivity contribution in [2.75, 3.05) is 13.1 Å². The first-order valence-corrected chi connectivity index (χ1v) is 10.3. The van der Waals surface area contributed by atoms with Crippen LogP contribution in [0.4, 0.5) is 0 Å². The van der Waals surface area contributed by atoms with Gasteiger partial charge in [-0.25, -0.2) is 13.1 Å². The average molecular weight is 395 g/mol. The molecule has 0 aliphatic carbocycles. The van der Waals surface area contributed by atoms with E-state index in [1.165, 1.54) is 24.2 Å². The number of aliphatic hydroxyl groups is 1. The number of halogens is 1. The van der Waals surface area contributed by atoms with Crippen LogP contribution < -0.4 is 4.72 Å². The second-order valence-electron chi connectivity index (χ2n) is 5.62. The number of aliphatic hydroxyl groups excluding tert-OH is 1. The first kappa shape index (κ1) is 15.9. The van der Waals surface area contributed by atoms with Crippen molar-refractivity contribution in [3.63, 3.8) is 0 Å². The second kappa shape index (κ2) is 6.25. The van der Waals surface area contributed by atoms with Crippen LogP contribution in [0.3, 0.4) is 0 Å². The maximum atomic E-state index is 12.6. The molecule has 0 saturated carbocycles. The van der Waals surface area contributed by atoms with Crippen molar-refractivity contribution in [2.45, 2.75) is 49.3 Å². The highest BCUT2D eigenvalue weighted by Crippen LogP contribution is 2.33. The molecule has 2 aliphatic rings.